The van der Waals surface area contributed by atoms with E-state index in [9.17, 15) is 8.42 Å². The first-order chi connectivity index (χ1) is 11.1. The van der Waals surface area contributed by atoms with Gasteiger partial charge in [0.25, 0.3) is 10.0 Å². The summed E-state index contributed by atoms with van der Waals surface area (Å²) in [5, 5.41) is 4.32. The van der Waals surface area contributed by atoms with E-state index in [1.807, 2.05) is 0 Å². The molecule has 1 fully saturated rings. The summed E-state index contributed by atoms with van der Waals surface area (Å²) in [6, 6.07) is 8.53. The maximum atomic E-state index is 12.7. The van der Waals surface area contributed by atoms with E-state index in [0.29, 0.717) is 11.6 Å². The van der Waals surface area contributed by atoms with Crippen LogP contribution >= 0.6 is 0 Å². The predicted molar refractivity (Wildman–Crippen MR) is 88.2 cm³/mol. The van der Waals surface area contributed by atoms with Gasteiger partial charge in [0.1, 0.15) is 16.5 Å². The lowest BCUT2D eigenvalue weighted by Crippen LogP contribution is -2.20. The van der Waals surface area contributed by atoms with E-state index in [1.54, 1.807) is 35.1 Å². The Balaban J connectivity index is 1.88. The van der Waals surface area contributed by atoms with Crippen LogP contribution in [0.15, 0.2) is 41.4 Å². The first-order valence-corrected chi connectivity index (χ1v) is 9.29. The standard InChI is InChI=1S/C16H21N3O3S/c1-22-14-9-5-6-10-15(14)23(20,21)18-16-11-12-17-19(16)13-7-3-2-4-8-13/h5-6,9-13,18H,2-4,7-8H2,1H3. The minimum Gasteiger partial charge on any atom is -0.495 e. The molecule has 7 heteroatoms. The number of nitrogens with one attached hydrogen (secondary N) is 1. The van der Waals surface area contributed by atoms with Crippen LogP contribution in [0.1, 0.15) is 38.1 Å². The van der Waals surface area contributed by atoms with Gasteiger partial charge in [0, 0.05) is 6.07 Å². The molecular formula is C16H21N3O3S. The molecule has 1 heterocycles. The van der Waals surface area contributed by atoms with Gasteiger partial charge < -0.3 is 4.74 Å². The fourth-order valence-electron chi connectivity index (χ4n) is 3.05. The van der Waals surface area contributed by atoms with Gasteiger partial charge in [0.2, 0.25) is 0 Å². The van der Waals surface area contributed by atoms with Gasteiger partial charge in [-0.15, -0.1) is 0 Å². The van der Waals surface area contributed by atoms with Crippen molar-refractivity contribution in [1.82, 2.24) is 9.78 Å². The van der Waals surface area contributed by atoms with Crippen molar-refractivity contribution in [1.29, 1.82) is 0 Å². The molecular weight excluding hydrogens is 314 g/mol. The SMILES string of the molecule is COc1ccccc1S(=O)(=O)Nc1ccnn1C1CCCCC1. The highest BCUT2D eigenvalue weighted by Gasteiger charge is 2.23. The lowest BCUT2D eigenvalue weighted by atomic mass is 9.96. The molecule has 1 aromatic carbocycles. The molecule has 0 saturated heterocycles. The number of hydrogen-bond donors (Lipinski definition) is 1. The molecule has 124 valence electrons. The first-order valence-electron chi connectivity index (χ1n) is 7.81. The Hall–Kier alpha value is -2.02. The zero-order valence-electron chi connectivity index (χ0n) is 13.1. The third-order valence-corrected chi connectivity index (χ3v) is 5.58. The molecule has 0 atom stereocenters. The van der Waals surface area contributed by atoms with E-state index in [4.69, 9.17) is 4.74 Å². The van der Waals surface area contributed by atoms with Gasteiger partial charge >= 0.3 is 0 Å². The first kappa shape index (κ1) is 15.9. The van der Waals surface area contributed by atoms with Gasteiger partial charge in [-0.2, -0.15) is 5.10 Å². The van der Waals surface area contributed by atoms with Crippen LogP contribution in [0.5, 0.6) is 5.75 Å². The molecule has 2 aromatic rings. The number of anilines is 1. The molecule has 6 nitrogen and oxygen atoms in total. The Morgan fingerprint density at radius 2 is 1.91 bits per heavy atom. The summed E-state index contributed by atoms with van der Waals surface area (Å²) < 4.78 is 35.0. The van der Waals surface area contributed by atoms with Crippen molar-refractivity contribution in [2.75, 3.05) is 11.8 Å². The second-order valence-corrected chi connectivity index (χ2v) is 7.36. The van der Waals surface area contributed by atoms with Crippen LogP contribution in [0, 0.1) is 0 Å². The number of methoxy groups -OCH3 is 1. The van der Waals surface area contributed by atoms with Crippen LogP contribution in [0.2, 0.25) is 0 Å². The minimum absolute atomic E-state index is 0.124. The van der Waals surface area contributed by atoms with Gasteiger partial charge in [0.05, 0.1) is 19.3 Å². The van der Waals surface area contributed by atoms with Crippen molar-refractivity contribution in [2.24, 2.45) is 0 Å². The van der Waals surface area contributed by atoms with Gasteiger partial charge in [0.15, 0.2) is 0 Å². The van der Waals surface area contributed by atoms with Crippen LogP contribution < -0.4 is 9.46 Å². The van der Waals surface area contributed by atoms with Crippen LogP contribution in [0.4, 0.5) is 5.82 Å². The molecule has 0 amide bonds. The summed E-state index contributed by atoms with van der Waals surface area (Å²) in [7, 11) is -2.26. The van der Waals surface area contributed by atoms with Crippen molar-refractivity contribution in [3.63, 3.8) is 0 Å². The van der Waals surface area contributed by atoms with E-state index in [-0.39, 0.29) is 10.9 Å². The smallest absolute Gasteiger partial charge is 0.266 e. The maximum absolute atomic E-state index is 12.7. The lowest BCUT2D eigenvalue weighted by molar-refractivity contribution is 0.333. The number of para-hydroxylation sites is 1. The molecule has 1 saturated carbocycles. The minimum atomic E-state index is -3.72. The van der Waals surface area contributed by atoms with Gasteiger partial charge in [-0.1, -0.05) is 31.4 Å². The van der Waals surface area contributed by atoms with Crippen molar-refractivity contribution in [3.05, 3.63) is 36.5 Å². The summed E-state index contributed by atoms with van der Waals surface area (Å²) in [5.74, 6) is 0.825. The van der Waals surface area contributed by atoms with Crippen molar-refractivity contribution < 1.29 is 13.2 Å². The fourth-order valence-corrected chi connectivity index (χ4v) is 4.27. The Morgan fingerprint density at radius 3 is 2.65 bits per heavy atom. The third-order valence-electron chi connectivity index (χ3n) is 4.19. The molecule has 0 bridgehead atoms. The highest BCUT2D eigenvalue weighted by molar-refractivity contribution is 7.92. The topological polar surface area (TPSA) is 73.2 Å². The molecule has 3 rings (SSSR count). The van der Waals surface area contributed by atoms with Gasteiger partial charge in [-0.05, 0) is 25.0 Å². The average molecular weight is 335 g/mol. The van der Waals surface area contributed by atoms with Crippen LogP contribution in [-0.4, -0.2) is 25.3 Å². The van der Waals surface area contributed by atoms with Crippen LogP contribution in [-0.2, 0) is 10.0 Å². The van der Waals surface area contributed by atoms with Gasteiger partial charge in [-0.25, -0.2) is 13.1 Å². The summed E-state index contributed by atoms with van der Waals surface area (Å²) in [5.41, 5.74) is 0. The molecule has 1 N–H and O–H groups in total. The predicted octanol–water partition coefficient (Wildman–Crippen LogP) is 3.20. The monoisotopic (exact) mass is 335 g/mol. The number of rotatable bonds is 5. The number of ether oxygens (including phenoxy) is 1. The number of nitrogens with zero attached hydrogens (tertiary/aromatic N) is 2. The van der Waals surface area contributed by atoms with E-state index in [0.717, 1.165) is 25.7 Å². The van der Waals surface area contributed by atoms with E-state index < -0.39 is 10.0 Å². The van der Waals surface area contributed by atoms with E-state index >= 15 is 0 Å². The molecule has 0 radical (unpaired) electrons. The third kappa shape index (κ3) is 3.34. The summed E-state index contributed by atoms with van der Waals surface area (Å²) >= 11 is 0. The highest BCUT2D eigenvalue weighted by Crippen LogP contribution is 2.31. The van der Waals surface area contributed by atoms with Gasteiger partial charge in [-0.3, -0.25) is 4.72 Å². The second-order valence-electron chi connectivity index (χ2n) is 5.71. The number of benzene rings is 1. The van der Waals surface area contributed by atoms with E-state index in [1.165, 1.54) is 19.6 Å². The summed E-state index contributed by atoms with van der Waals surface area (Å²) in [6.07, 6.45) is 7.25. The summed E-state index contributed by atoms with van der Waals surface area (Å²) in [6.45, 7) is 0. The average Bonchev–Trinajstić information content (AvgIpc) is 3.03. The molecule has 23 heavy (non-hydrogen) atoms. The number of aromatic nitrogens is 2. The van der Waals surface area contributed by atoms with E-state index in [2.05, 4.69) is 9.82 Å². The van der Waals surface area contributed by atoms with Crippen molar-refractivity contribution >= 4 is 15.8 Å². The lowest BCUT2D eigenvalue weighted by Gasteiger charge is -2.24. The van der Waals surface area contributed by atoms with Crippen molar-refractivity contribution in [3.8, 4) is 5.75 Å². The Morgan fingerprint density at radius 1 is 1.17 bits per heavy atom. The highest BCUT2D eigenvalue weighted by atomic mass is 32.2. The molecule has 0 aliphatic heterocycles. The van der Waals surface area contributed by atoms with Crippen LogP contribution in [0.3, 0.4) is 0 Å². The quantitative estimate of drug-likeness (QED) is 0.910. The summed E-state index contributed by atoms with van der Waals surface area (Å²) in [4.78, 5) is 0.124. The zero-order chi connectivity index (χ0) is 16.3. The molecule has 0 spiro atoms. The normalized spacial score (nSPS) is 16.2. The molecule has 1 aliphatic rings. The molecule has 0 unspecified atom stereocenters. The largest absolute Gasteiger partial charge is 0.495 e. The second kappa shape index (κ2) is 6.62. The van der Waals surface area contributed by atoms with Crippen molar-refractivity contribution in [2.45, 2.75) is 43.0 Å². The maximum Gasteiger partial charge on any atom is 0.266 e. The Labute approximate surface area is 136 Å². The Bertz CT molecular complexity index is 764. The molecule has 1 aromatic heterocycles. The molecule has 1 aliphatic carbocycles. The van der Waals surface area contributed by atoms with Crippen LogP contribution in [0.25, 0.3) is 0 Å². The fraction of sp³-hybridized carbons (Fsp3) is 0.438. The Kier molecular flexibility index (Phi) is 4.56. The number of hydrogen-bond acceptors (Lipinski definition) is 4. The number of sulfonamides is 1. The zero-order valence-corrected chi connectivity index (χ0v) is 13.9.